The zero-order valence-corrected chi connectivity index (χ0v) is 51.5. The van der Waals surface area contributed by atoms with Crippen LogP contribution in [0.25, 0.3) is 89.2 Å². The number of rotatable bonds is 5. The minimum atomic E-state index is -1.05. The van der Waals surface area contributed by atoms with Gasteiger partial charge in [-0.3, -0.25) is 4.57 Å². The number of hydrogen-bond donors (Lipinski definition) is 3. The molecule has 8 aromatic heterocycles. The molecule has 0 saturated carbocycles. The normalized spacial score (nSPS) is 15.6. The van der Waals surface area contributed by atoms with Crippen molar-refractivity contribution in [1.82, 2.24) is 38.2 Å². The number of aliphatic hydroxyl groups excluding tert-OH is 3. The van der Waals surface area contributed by atoms with Crippen molar-refractivity contribution < 1.29 is 92.3 Å². The predicted octanol–water partition coefficient (Wildman–Crippen LogP) is 11.5. The average Bonchev–Trinajstić information content (AvgIpc) is 1.66. The summed E-state index contributed by atoms with van der Waals surface area (Å²) < 4.78 is 91.1. The zero-order valence-electron chi connectivity index (χ0n) is 47.5. The topological polar surface area (TPSA) is 195 Å². The molecule has 90 heavy (non-hydrogen) atoms. The molecule has 0 spiro atoms. The van der Waals surface area contributed by atoms with Crippen molar-refractivity contribution in [3.8, 4) is 68.5 Å². The summed E-state index contributed by atoms with van der Waals surface area (Å²) >= 11 is 23.8. The summed E-state index contributed by atoms with van der Waals surface area (Å²) in [6.45, 7) is 1.25. The number of ether oxygens (including phenoxy) is 5. The first-order chi connectivity index (χ1) is 42.2. The van der Waals surface area contributed by atoms with Crippen molar-refractivity contribution in [2.24, 2.45) is 0 Å². The third-order valence-electron chi connectivity index (χ3n) is 14.7. The maximum atomic E-state index is 14.2. The van der Waals surface area contributed by atoms with Crippen LogP contribution in [0.2, 0.25) is 20.6 Å². The number of esters is 1. The van der Waals surface area contributed by atoms with Crippen LogP contribution in [0.4, 0.5) is 17.6 Å². The van der Waals surface area contributed by atoms with Gasteiger partial charge in [0.05, 0.1) is 71.3 Å². The van der Waals surface area contributed by atoms with E-state index < -0.39 is 30.9 Å². The standard InChI is InChI=1S/C17H12ClFN2O3.3C15H10ClFN2O2.CH4.B.Na.H/c1-2-23-17(22)16-21-11-5-3-4-10(19)9(11)8-12(21)15-13(24-16)6-7-14(18)20-15;3*16-13-5-4-12-15(18-13)11-6-8-9(17)2-1-3-10(8)19(11)14(7-20)21-12;;;;/h3-8,16H,2H2,1H3;3*1-6,14,20H,7H2;1H4;;;/q;;;;;;+1;-1. The number of hydrogen-bond acceptors (Lipinski definition) is 13. The molecule has 4 aromatic carbocycles. The molecule has 4 aliphatic rings. The second kappa shape index (κ2) is 26.5. The SMILES string of the molecule is C.CCOC(=O)C1Oc2ccc(Cl)nc2-c2cc3c(F)cccc3n21.OCC1Oc2ccc(Cl)nc2-c2cc3c(F)cccc3n21.OCC1Oc2ccc(Cl)nc2-c2cc3c(F)cccc3n21.OCC1Oc2ccc(Cl)nc2-c2cc3c(F)cccc3n21.[B].[H-].[Na+]. The molecule has 0 fully saturated rings. The molecule has 3 N–H and O–H groups in total. The van der Waals surface area contributed by atoms with Gasteiger partial charge in [-0.25, -0.2) is 42.3 Å². The molecule has 4 unspecified atom stereocenters. The predicted molar refractivity (Wildman–Crippen MR) is 331 cm³/mol. The van der Waals surface area contributed by atoms with E-state index in [0.29, 0.717) is 128 Å². The number of carbonyl (C=O) groups excluding carboxylic acids is 1. The third kappa shape index (κ3) is 11.5. The summed E-state index contributed by atoms with van der Waals surface area (Å²) in [6, 6.07) is 39.0. The smallest absolute Gasteiger partial charge is 1.00 e. The molecule has 453 valence electrons. The van der Waals surface area contributed by atoms with E-state index >= 15 is 0 Å². The number of fused-ring (bicyclic) bond motifs is 20. The van der Waals surface area contributed by atoms with Crippen LogP contribution in [0, 0.1) is 23.3 Å². The maximum absolute atomic E-state index is 14.2. The molecule has 0 aliphatic carbocycles. The Morgan fingerprint density at radius 2 is 0.733 bits per heavy atom. The molecule has 0 bridgehead atoms. The van der Waals surface area contributed by atoms with Crippen molar-refractivity contribution in [2.75, 3.05) is 26.4 Å². The fraction of sp³-hybridized carbons (Fsp3) is 0.159. The summed E-state index contributed by atoms with van der Waals surface area (Å²) in [5.41, 5.74) is 7.15. The van der Waals surface area contributed by atoms with Crippen LogP contribution in [0.5, 0.6) is 23.0 Å². The zero-order chi connectivity index (χ0) is 60.5. The van der Waals surface area contributed by atoms with E-state index in [0.717, 1.165) is 0 Å². The molecular formula is C63H47BCl4F4N8NaO9. The first kappa shape index (κ1) is 65.1. The first-order valence-corrected chi connectivity index (χ1v) is 28.2. The minimum absolute atomic E-state index is 0. The Kier molecular flexibility index (Phi) is 19.2. The minimum Gasteiger partial charge on any atom is -1.00 e. The molecule has 12 heterocycles. The monoisotopic (exact) mass is 1310 g/mol. The Morgan fingerprint density at radius 3 is 1.01 bits per heavy atom. The van der Waals surface area contributed by atoms with Crippen LogP contribution in [-0.2, 0) is 9.53 Å². The number of aliphatic hydroxyl groups is 3. The molecule has 0 amide bonds. The number of aromatic nitrogens is 8. The number of benzene rings is 4. The Labute approximate surface area is 554 Å². The molecule has 4 aliphatic heterocycles. The van der Waals surface area contributed by atoms with Crippen molar-refractivity contribution in [2.45, 2.75) is 39.3 Å². The number of carbonyl (C=O) groups is 1. The van der Waals surface area contributed by atoms with Crippen LogP contribution < -0.4 is 48.5 Å². The van der Waals surface area contributed by atoms with Crippen LogP contribution >= 0.6 is 46.4 Å². The first-order valence-electron chi connectivity index (χ1n) is 26.7. The van der Waals surface area contributed by atoms with E-state index in [-0.39, 0.29) is 102 Å². The molecule has 12 aromatic rings. The van der Waals surface area contributed by atoms with E-state index in [1.54, 1.807) is 147 Å². The van der Waals surface area contributed by atoms with Gasteiger partial charge in [-0.15, -0.1) is 0 Å². The van der Waals surface area contributed by atoms with E-state index in [4.69, 9.17) is 70.1 Å². The van der Waals surface area contributed by atoms with Gasteiger partial charge >= 0.3 is 35.5 Å². The molecule has 3 radical (unpaired) electrons. The van der Waals surface area contributed by atoms with Gasteiger partial charge < -0.3 is 54.1 Å². The van der Waals surface area contributed by atoms with Crippen LogP contribution in [-0.4, -0.2) is 94.3 Å². The summed E-state index contributed by atoms with van der Waals surface area (Å²) in [6.07, 6.45) is -2.89. The van der Waals surface area contributed by atoms with Gasteiger partial charge in [-0.05, 0) is 128 Å². The number of pyridine rings is 4. The summed E-state index contributed by atoms with van der Waals surface area (Å²) in [7, 11) is 0. The van der Waals surface area contributed by atoms with E-state index in [2.05, 4.69) is 19.9 Å². The van der Waals surface area contributed by atoms with E-state index in [1.165, 1.54) is 24.3 Å². The molecular weight excluding hydrogens is 1260 g/mol. The Bertz CT molecular complexity index is 4420. The Balaban J connectivity index is 0.000000142. The van der Waals surface area contributed by atoms with Gasteiger partial charge in [0.15, 0.2) is 24.4 Å². The van der Waals surface area contributed by atoms with Crippen molar-refractivity contribution in [3.05, 3.63) is 189 Å². The molecule has 27 heteroatoms. The second-order valence-corrected chi connectivity index (χ2v) is 21.2. The number of nitrogens with zero attached hydrogens (tertiary/aromatic N) is 8. The van der Waals surface area contributed by atoms with E-state index in [1.807, 2.05) is 0 Å². The summed E-state index contributed by atoms with van der Waals surface area (Å²) in [5, 5.41) is 31.8. The van der Waals surface area contributed by atoms with Crippen molar-refractivity contribution >= 4 is 104 Å². The van der Waals surface area contributed by atoms with Gasteiger partial charge in [0.1, 0.15) is 83.9 Å². The Hall–Kier alpha value is -7.87. The average molecular weight is 1310 g/mol. The summed E-state index contributed by atoms with van der Waals surface area (Å²) in [5.74, 6) is 0.0476. The van der Waals surface area contributed by atoms with Gasteiger partial charge in [0.25, 0.3) is 6.23 Å². The Morgan fingerprint density at radius 1 is 0.467 bits per heavy atom. The molecule has 17 nitrogen and oxygen atoms in total. The fourth-order valence-corrected chi connectivity index (χ4v) is 11.7. The van der Waals surface area contributed by atoms with Gasteiger partial charge in [-0.2, -0.15) is 0 Å². The molecule has 0 saturated heterocycles. The largest absolute Gasteiger partial charge is 1.00 e. The molecule has 16 rings (SSSR count). The molecule has 4 atom stereocenters. The van der Waals surface area contributed by atoms with Crippen molar-refractivity contribution in [1.29, 1.82) is 0 Å². The second-order valence-electron chi connectivity index (χ2n) is 19.7. The van der Waals surface area contributed by atoms with Gasteiger partial charge in [0, 0.05) is 30.0 Å². The maximum Gasteiger partial charge on any atom is 1.00 e. The third-order valence-corrected chi connectivity index (χ3v) is 15.5. The number of halogens is 8. The van der Waals surface area contributed by atoms with Gasteiger partial charge in [-0.1, -0.05) is 78.1 Å². The van der Waals surface area contributed by atoms with Crippen LogP contribution in [0.3, 0.4) is 0 Å². The van der Waals surface area contributed by atoms with Crippen LogP contribution in [0.1, 0.15) is 40.7 Å². The summed E-state index contributed by atoms with van der Waals surface area (Å²) in [4.78, 5) is 29.4. The quantitative estimate of drug-likeness (QED) is 0.0638. The fourth-order valence-electron chi connectivity index (χ4n) is 11.1. The van der Waals surface area contributed by atoms with E-state index in [9.17, 15) is 37.7 Å². The van der Waals surface area contributed by atoms with Crippen molar-refractivity contribution in [3.63, 3.8) is 0 Å². The van der Waals surface area contributed by atoms with Gasteiger partial charge in [0.2, 0.25) is 0 Å². The van der Waals surface area contributed by atoms with Crippen LogP contribution in [0.15, 0.2) is 146 Å².